The van der Waals surface area contributed by atoms with Gasteiger partial charge in [-0.15, -0.1) is 0 Å². The number of hydrogen-bond acceptors (Lipinski definition) is 2. The second kappa shape index (κ2) is 5.47. The second-order valence-corrected chi connectivity index (χ2v) is 7.12. The van der Waals surface area contributed by atoms with Crippen LogP contribution in [0.25, 0.3) is 0 Å². The van der Waals surface area contributed by atoms with E-state index in [1.165, 1.54) is 0 Å². The summed E-state index contributed by atoms with van der Waals surface area (Å²) in [6, 6.07) is 10.9. The number of hydrogen-bond donors (Lipinski definition) is 1. The average molecular weight is 388 g/mol. The minimum absolute atomic E-state index is 0.418. The van der Waals surface area contributed by atoms with Crippen LogP contribution >= 0.6 is 39.1 Å². The minimum Gasteiger partial charge on any atom is -0.482 e. The summed E-state index contributed by atoms with van der Waals surface area (Å²) in [5.74, 6) is 0.639. The number of rotatable bonds is 1. The van der Waals surface area contributed by atoms with Gasteiger partial charge in [-0.1, -0.05) is 45.2 Å². The van der Waals surface area contributed by atoms with Crippen molar-refractivity contribution >= 4 is 39.1 Å². The summed E-state index contributed by atoms with van der Waals surface area (Å²) in [4.78, 5) is 0. The maximum atomic E-state index is 10.4. The Hall–Kier alpha value is -0.740. The Kier molecular flexibility index (Phi) is 3.95. The fourth-order valence-corrected chi connectivity index (χ4v) is 3.77. The monoisotopic (exact) mass is 386 g/mol. The van der Waals surface area contributed by atoms with E-state index in [0.29, 0.717) is 27.8 Å². The van der Waals surface area contributed by atoms with Crippen molar-refractivity contribution in [3.05, 3.63) is 62.0 Å². The molecule has 1 heterocycles. The van der Waals surface area contributed by atoms with Crippen molar-refractivity contribution in [2.45, 2.75) is 25.0 Å². The molecule has 2 nitrogen and oxygen atoms in total. The highest BCUT2D eigenvalue weighted by molar-refractivity contribution is 9.10. The van der Waals surface area contributed by atoms with Gasteiger partial charge in [-0.3, -0.25) is 0 Å². The first-order valence-electron chi connectivity index (χ1n) is 6.51. The molecule has 110 valence electrons. The molecule has 2 atom stereocenters. The zero-order valence-corrected chi connectivity index (χ0v) is 14.3. The SMILES string of the molecule is CC1(c2ccc(Br)cc2Cl)CC(O)c2cc(Cl)ccc2O1. The highest BCUT2D eigenvalue weighted by atomic mass is 79.9. The maximum Gasteiger partial charge on any atom is 0.135 e. The van der Waals surface area contributed by atoms with Crippen LogP contribution in [0.15, 0.2) is 40.9 Å². The highest BCUT2D eigenvalue weighted by Gasteiger charge is 2.39. The van der Waals surface area contributed by atoms with E-state index < -0.39 is 11.7 Å². The number of aliphatic hydroxyl groups excluding tert-OH is 1. The van der Waals surface area contributed by atoms with Crippen LogP contribution in [0.5, 0.6) is 5.75 Å². The van der Waals surface area contributed by atoms with Gasteiger partial charge in [0.25, 0.3) is 0 Å². The van der Waals surface area contributed by atoms with Crippen molar-refractivity contribution in [2.24, 2.45) is 0 Å². The van der Waals surface area contributed by atoms with Gasteiger partial charge in [0, 0.05) is 32.1 Å². The smallest absolute Gasteiger partial charge is 0.135 e. The van der Waals surface area contributed by atoms with Crippen molar-refractivity contribution < 1.29 is 9.84 Å². The Morgan fingerprint density at radius 3 is 2.71 bits per heavy atom. The Labute approximate surface area is 141 Å². The van der Waals surface area contributed by atoms with Crippen molar-refractivity contribution in [1.82, 2.24) is 0 Å². The van der Waals surface area contributed by atoms with E-state index >= 15 is 0 Å². The Morgan fingerprint density at radius 1 is 1.24 bits per heavy atom. The second-order valence-electron chi connectivity index (χ2n) is 5.36. The molecule has 3 rings (SSSR count). The number of aliphatic hydroxyl groups is 1. The average Bonchev–Trinajstić information content (AvgIpc) is 2.39. The van der Waals surface area contributed by atoms with Crippen LogP contribution in [-0.2, 0) is 5.60 Å². The first kappa shape index (κ1) is 15.2. The van der Waals surface area contributed by atoms with E-state index in [2.05, 4.69) is 15.9 Å². The van der Waals surface area contributed by atoms with Crippen LogP contribution in [-0.4, -0.2) is 5.11 Å². The molecular formula is C16H13BrCl2O2. The van der Waals surface area contributed by atoms with Crippen LogP contribution in [0.4, 0.5) is 0 Å². The molecule has 0 spiro atoms. The fourth-order valence-electron chi connectivity index (χ4n) is 2.72. The predicted octanol–water partition coefficient (Wildman–Crippen LogP) is 5.49. The van der Waals surface area contributed by atoms with Gasteiger partial charge in [-0.05, 0) is 37.3 Å². The third-order valence-corrected chi connectivity index (χ3v) is 4.79. The summed E-state index contributed by atoms with van der Waals surface area (Å²) >= 11 is 15.7. The van der Waals surface area contributed by atoms with E-state index in [4.69, 9.17) is 27.9 Å². The van der Waals surface area contributed by atoms with Gasteiger partial charge in [0.2, 0.25) is 0 Å². The normalized spacial score (nSPS) is 24.3. The van der Waals surface area contributed by atoms with Crippen LogP contribution in [0.2, 0.25) is 10.0 Å². The lowest BCUT2D eigenvalue weighted by molar-refractivity contribution is -0.00477. The third kappa shape index (κ3) is 2.80. The standard InChI is InChI=1S/C16H13BrCl2O2/c1-16(12-4-2-9(17)6-13(12)19)8-14(20)11-7-10(18)3-5-15(11)21-16/h2-7,14,20H,8H2,1H3. The van der Waals surface area contributed by atoms with Crippen molar-refractivity contribution in [3.63, 3.8) is 0 Å². The van der Waals surface area contributed by atoms with Crippen LogP contribution < -0.4 is 4.74 Å². The quantitative estimate of drug-likeness (QED) is 0.701. The van der Waals surface area contributed by atoms with E-state index in [1.54, 1.807) is 18.2 Å². The van der Waals surface area contributed by atoms with Crippen molar-refractivity contribution in [3.8, 4) is 5.75 Å². The first-order chi connectivity index (χ1) is 9.89. The summed E-state index contributed by atoms with van der Waals surface area (Å²) in [5, 5.41) is 11.6. The number of fused-ring (bicyclic) bond motifs is 1. The van der Waals surface area contributed by atoms with Crippen molar-refractivity contribution in [2.75, 3.05) is 0 Å². The molecular weight excluding hydrogens is 375 g/mol. The molecule has 2 aromatic carbocycles. The van der Waals surface area contributed by atoms with Crippen LogP contribution in [0, 0.1) is 0 Å². The fraction of sp³-hybridized carbons (Fsp3) is 0.250. The maximum absolute atomic E-state index is 10.4. The van der Waals surface area contributed by atoms with Gasteiger partial charge >= 0.3 is 0 Å². The van der Waals surface area contributed by atoms with E-state index in [0.717, 1.165) is 10.0 Å². The topological polar surface area (TPSA) is 29.5 Å². The number of ether oxygens (including phenoxy) is 1. The van der Waals surface area contributed by atoms with Gasteiger partial charge in [-0.2, -0.15) is 0 Å². The minimum atomic E-state index is -0.683. The molecule has 0 saturated carbocycles. The molecule has 5 heteroatoms. The molecule has 21 heavy (non-hydrogen) atoms. The van der Waals surface area contributed by atoms with E-state index in [1.807, 2.05) is 25.1 Å². The zero-order valence-electron chi connectivity index (χ0n) is 11.2. The predicted molar refractivity (Wildman–Crippen MR) is 88.2 cm³/mol. The van der Waals surface area contributed by atoms with Gasteiger partial charge in [0.1, 0.15) is 11.4 Å². The molecule has 2 unspecified atom stereocenters. The first-order valence-corrected chi connectivity index (χ1v) is 8.06. The zero-order chi connectivity index (χ0) is 15.2. The van der Waals surface area contributed by atoms with Gasteiger partial charge < -0.3 is 9.84 Å². The summed E-state index contributed by atoms with van der Waals surface area (Å²) in [7, 11) is 0. The molecule has 0 aliphatic carbocycles. The molecule has 0 aromatic heterocycles. The summed E-state index contributed by atoms with van der Waals surface area (Å²) < 4.78 is 7.04. The third-order valence-electron chi connectivity index (χ3n) is 3.75. The van der Waals surface area contributed by atoms with Crippen molar-refractivity contribution in [1.29, 1.82) is 0 Å². The van der Waals surface area contributed by atoms with E-state index in [9.17, 15) is 5.11 Å². The largest absolute Gasteiger partial charge is 0.482 e. The van der Waals surface area contributed by atoms with Crippen LogP contribution in [0.3, 0.4) is 0 Å². The number of halogens is 3. The molecule has 0 bridgehead atoms. The molecule has 2 aromatic rings. The number of benzene rings is 2. The van der Waals surface area contributed by atoms with Crippen LogP contribution in [0.1, 0.15) is 30.6 Å². The molecule has 0 fully saturated rings. The summed E-state index contributed by atoms with van der Waals surface area (Å²) in [6.07, 6.45) is -0.223. The van der Waals surface area contributed by atoms with Gasteiger partial charge in [0.05, 0.1) is 6.10 Å². The Bertz CT molecular complexity index is 705. The summed E-state index contributed by atoms with van der Waals surface area (Å²) in [5.41, 5.74) is 0.887. The molecule has 0 saturated heterocycles. The molecule has 1 aliphatic rings. The molecule has 1 N–H and O–H groups in total. The molecule has 0 amide bonds. The summed E-state index contributed by atoms with van der Waals surface area (Å²) in [6.45, 7) is 1.93. The van der Waals surface area contributed by atoms with Gasteiger partial charge in [0.15, 0.2) is 0 Å². The lowest BCUT2D eigenvalue weighted by Gasteiger charge is -2.39. The lowest BCUT2D eigenvalue weighted by atomic mass is 9.85. The Balaban J connectivity index is 2.06. The molecule has 1 aliphatic heterocycles. The molecule has 0 radical (unpaired) electrons. The lowest BCUT2D eigenvalue weighted by Crippen LogP contribution is -2.35. The van der Waals surface area contributed by atoms with E-state index in [-0.39, 0.29) is 0 Å². The highest BCUT2D eigenvalue weighted by Crippen LogP contribution is 2.47. The Morgan fingerprint density at radius 2 is 2.00 bits per heavy atom. The van der Waals surface area contributed by atoms with Gasteiger partial charge in [-0.25, -0.2) is 0 Å².